The van der Waals surface area contributed by atoms with Crippen LogP contribution in [0.2, 0.25) is 0 Å². The zero-order valence-electron chi connectivity index (χ0n) is 8.42. The van der Waals surface area contributed by atoms with E-state index in [0.717, 1.165) is 12.7 Å². The Hall–Kier alpha value is -1.16. The van der Waals surface area contributed by atoms with E-state index in [1.54, 1.807) is 0 Å². The van der Waals surface area contributed by atoms with Gasteiger partial charge in [0, 0.05) is 12.1 Å². The van der Waals surface area contributed by atoms with E-state index >= 15 is 0 Å². The molecule has 1 heterocycles. The number of hydrogen-bond acceptors (Lipinski definition) is 3. The molecule has 0 aliphatic rings. The van der Waals surface area contributed by atoms with Gasteiger partial charge in [-0.2, -0.15) is 0 Å². The molecule has 1 rings (SSSR count). The van der Waals surface area contributed by atoms with Crippen molar-refractivity contribution in [3.63, 3.8) is 0 Å². The summed E-state index contributed by atoms with van der Waals surface area (Å²) in [5.41, 5.74) is 0.270. The molecule has 78 valence electrons. The molecule has 3 nitrogen and oxygen atoms in total. The number of aromatic nitrogens is 1. The molecular formula is C10H15FN2O. The molecule has 0 atom stereocenters. The summed E-state index contributed by atoms with van der Waals surface area (Å²) in [6, 6.07) is 1.53. The van der Waals surface area contributed by atoms with E-state index in [1.165, 1.54) is 6.07 Å². The predicted molar refractivity (Wildman–Crippen MR) is 53.4 cm³/mol. The van der Waals surface area contributed by atoms with Crippen LogP contribution in [0.15, 0.2) is 12.3 Å². The molecule has 0 bridgehead atoms. The molecule has 0 saturated heterocycles. The highest BCUT2D eigenvalue weighted by atomic mass is 19.1. The van der Waals surface area contributed by atoms with Crippen LogP contribution >= 0.6 is 0 Å². The van der Waals surface area contributed by atoms with Crippen LogP contribution in [0.3, 0.4) is 0 Å². The van der Waals surface area contributed by atoms with Crippen LogP contribution in [0.1, 0.15) is 19.4 Å². The Balaban J connectivity index is 2.69. The van der Waals surface area contributed by atoms with Gasteiger partial charge in [0.05, 0.1) is 12.8 Å². The van der Waals surface area contributed by atoms with Crippen molar-refractivity contribution in [3.8, 4) is 0 Å². The molecule has 1 aromatic rings. The Morgan fingerprint density at radius 3 is 2.86 bits per heavy atom. The lowest BCUT2D eigenvalue weighted by atomic mass is 10.2. The first-order chi connectivity index (χ1) is 6.63. The van der Waals surface area contributed by atoms with E-state index < -0.39 is 5.82 Å². The van der Waals surface area contributed by atoms with E-state index in [1.807, 2.05) is 0 Å². The highest BCUT2D eigenvalue weighted by Crippen LogP contribution is 2.11. The highest BCUT2D eigenvalue weighted by Gasteiger charge is 2.03. The standard InChI is InChI=1S/C10H15FN2O/c1-7(2)4-12-10-3-8(6-14)9(11)5-13-10/h3,5,7,14H,4,6H2,1-2H3,(H,12,13). The monoisotopic (exact) mass is 198 g/mol. The number of hydrogen-bond donors (Lipinski definition) is 2. The largest absolute Gasteiger partial charge is 0.392 e. The molecule has 1 aromatic heterocycles. The second kappa shape index (κ2) is 4.91. The summed E-state index contributed by atoms with van der Waals surface area (Å²) in [5.74, 6) is 0.631. The van der Waals surface area contributed by atoms with Gasteiger partial charge in [-0.1, -0.05) is 13.8 Å². The molecule has 0 amide bonds. The van der Waals surface area contributed by atoms with Gasteiger partial charge in [-0.25, -0.2) is 9.37 Å². The zero-order chi connectivity index (χ0) is 10.6. The summed E-state index contributed by atoms with van der Waals surface area (Å²) < 4.78 is 12.9. The van der Waals surface area contributed by atoms with Gasteiger partial charge in [-0.05, 0) is 12.0 Å². The molecule has 2 N–H and O–H groups in total. The predicted octanol–water partition coefficient (Wildman–Crippen LogP) is 1.78. The fraction of sp³-hybridized carbons (Fsp3) is 0.500. The Labute approximate surface area is 83.0 Å². The molecule has 0 radical (unpaired) electrons. The van der Waals surface area contributed by atoms with Crippen molar-refractivity contribution >= 4 is 5.82 Å². The Morgan fingerprint density at radius 1 is 1.57 bits per heavy atom. The smallest absolute Gasteiger partial charge is 0.147 e. The maximum Gasteiger partial charge on any atom is 0.147 e. The molecule has 0 aliphatic heterocycles. The average molecular weight is 198 g/mol. The summed E-state index contributed by atoms with van der Waals surface area (Å²) in [5, 5.41) is 11.9. The molecule has 0 spiro atoms. The second-order valence-corrected chi connectivity index (χ2v) is 3.59. The van der Waals surface area contributed by atoms with Gasteiger partial charge in [-0.15, -0.1) is 0 Å². The quantitative estimate of drug-likeness (QED) is 0.775. The minimum Gasteiger partial charge on any atom is -0.392 e. The van der Waals surface area contributed by atoms with Crippen LogP contribution in [-0.2, 0) is 6.61 Å². The minimum absolute atomic E-state index is 0.270. The number of nitrogens with one attached hydrogen (secondary N) is 1. The van der Waals surface area contributed by atoms with Crippen LogP contribution in [0.5, 0.6) is 0 Å². The van der Waals surface area contributed by atoms with Crippen molar-refractivity contribution < 1.29 is 9.50 Å². The fourth-order valence-corrected chi connectivity index (χ4v) is 1.01. The first-order valence-corrected chi connectivity index (χ1v) is 4.62. The number of pyridine rings is 1. The summed E-state index contributed by atoms with van der Waals surface area (Å²) >= 11 is 0. The third-order valence-corrected chi connectivity index (χ3v) is 1.80. The van der Waals surface area contributed by atoms with Crippen LogP contribution in [0, 0.1) is 11.7 Å². The summed E-state index contributed by atoms with van der Waals surface area (Å²) in [6.07, 6.45) is 1.12. The molecule has 0 saturated carbocycles. The highest BCUT2D eigenvalue weighted by molar-refractivity contribution is 5.37. The van der Waals surface area contributed by atoms with Gasteiger partial charge >= 0.3 is 0 Å². The molecule has 0 aliphatic carbocycles. The Bertz CT molecular complexity index is 302. The van der Waals surface area contributed by atoms with Gasteiger partial charge in [0.1, 0.15) is 11.6 Å². The van der Waals surface area contributed by atoms with E-state index in [4.69, 9.17) is 5.11 Å². The average Bonchev–Trinajstić information content (AvgIpc) is 2.16. The number of aliphatic hydroxyl groups excluding tert-OH is 1. The van der Waals surface area contributed by atoms with Gasteiger partial charge in [0.15, 0.2) is 0 Å². The summed E-state index contributed by atoms with van der Waals surface area (Å²) in [4.78, 5) is 3.86. The minimum atomic E-state index is -0.470. The number of halogens is 1. The molecule has 14 heavy (non-hydrogen) atoms. The number of nitrogens with zero attached hydrogens (tertiary/aromatic N) is 1. The zero-order valence-corrected chi connectivity index (χ0v) is 8.42. The van der Waals surface area contributed by atoms with Crippen molar-refractivity contribution in [3.05, 3.63) is 23.6 Å². The maximum absolute atomic E-state index is 12.9. The van der Waals surface area contributed by atoms with E-state index in [9.17, 15) is 4.39 Å². The normalized spacial score (nSPS) is 10.6. The summed E-state index contributed by atoms with van der Waals surface area (Å²) in [7, 11) is 0. The van der Waals surface area contributed by atoms with Crippen LogP contribution < -0.4 is 5.32 Å². The molecule has 0 fully saturated rings. The van der Waals surface area contributed by atoms with Crippen LogP contribution in [-0.4, -0.2) is 16.6 Å². The van der Waals surface area contributed by atoms with Crippen LogP contribution in [0.25, 0.3) is 0 Å². The van der Waals surface area contributed by atoms with Gasteiger partial charge in [0.2, 0.25) is 0 Å². The Morgan fingerprint density at radius 2 is 2.29 bits per heavy atom. The van der Waals surface area contributed by atoms with Crippen molar-refractivity contribution in [2.45, 2.75) is 20.5 Å². The number of rotatable bonds is 4. The van der Waals surface area contributed by atoms with Crippen molar-refractivity contribution in [2.75, 3.05) is 11.9 Å². The third kappa shape index (κ3) is 2.96. The van der Waals surface area contributed by atoms with E-state index in [0.29, 0.717) is 11.7 Å². The maximum atomic E-state index is 12.9. The van der Waals surface area contributed by atoms with E-state index in [-0.39, 0.29) is 12.2 Å². The summed E-state index contributed by atoms with van der Waals surface area (Å²) in [6.45, 7) is 4.63. The number of aliphatic hydroxyl groups is 1. The number of anilines is 1. The molecule has 0 unspecified atom stereocenters. The lowest BCUT2D eigenvalue weighted by Gasteiger charge is -2.09. The van der Waals surface area contributed by atoms with E-state index in [2.05, 4.69) is 24.1 Å². The molecule has 0 aromatic carbocycles. The second-order valence-electron chi connectivity index (χ2n) is 3.59. The van der Waals surface area contributed by atoms with Crippen molar-refractivity contribution in [1.29, 1.82) is 0 Å². The van der Waals surface area contributed by atoms with Crippen LogP contribution in [0.4, 0.5) is 10.2 Å². The Kier molecular flexibility index (Phi) is 3.83. The van der Waals surface area contributed by atoms with Gasteiger partial charge in [-0.3, -0.25) is 0 Å². The lowest BCUT2D eigenvalue weighted by molar-refractivity contribution is 0.275. The molecular weight excluding hydrogens is 183 g/mol. The first kappa shape index (κ1) is 10.9. The fourth-order valence-electron chi connectivity index (χ4n) is 1.01. The first-order valence-electron chi connectivity index (χ1n) is 4.62. The van der Waals surface area contributed by atoms with Crippen molar-refractivity contribution in [2.24, 2.45) is 5.92 Å². The van der Waals surface area contributed by atoms with Gasteiger partial charge < -0.3 is 10.4 Å². The topological polar surface area (TPSA) is 45.1 Å². The lowest BCUT2D eigenvalue weighted by Crippen LogP contribution is -2.09. The third-order valence-electron chi connectivity index (χ3n) is 1.80. The van der Waals surface area contributed by atoms with Gasteiger partial charge in [0.25, 0.3) is 0 Å². The SMILES string of the molecule is CC(C)CNc1cc(CO)c(F)cn1. The van der Waals surface area contributed by atoms with Crippen molar-refractivity contribution in [1.82, 2.24) is 4.98 Å². The molecule has 4 heteroatoms.